The molecule has 29 heavy (non-hydrogen) atoms. The summed E-state index contributed by atoms with van der Waals surface area (Å²) >= 11 is 0. The van der Waals surface area contributed by atoms with E-state index in [2.05, 4.69) is 20.8 Å². The zero-order valence-corrected chi connectivity index (χ0v) is 15.5. The average molecular weight is 401 g/mol. The molecule has 0 saturated carbocycles. The van der Waals surface area contributed by atoms with Crippen molar-refractivity contribution in [3.8, 4) is 0 Å². The van der Waals surface area contributed by atoms with E-state index in [9.17, 15) is 19.2 Å². The van der Waals surface area contributed by atoms with Crippen molar-refractivity contribution < 1.29 is 19.1 Å². The van der Waals surface area contributed by atoms with E-state index in [0.29, 0.717) is 11.1 Å². The van der Waals surface area contributed by atoms with Gasteiger partial charge in [-0.05, 0) is 25.1 Å². The van der Waals surface area contributed by atoms with E-state index in [-0.39, 0.29) is 13.2 Å². The van der Waals surface area contributed by atoms with Gasteiger partial charge in [-0.1, -0.05) is 6.08 Å². The number of carbonyl (C=O) groups excluding carboxylic acids is 2. The fraction of sp³-hybridized carbons (Fsp3) is 0.278. The topological polar surface area (TPSA) is 144 Å². The van der Waals surface area contributed by atoms with Crippen LogP contribution in [0, 0.1) is 6.92 Å². The van der Waals surface area contributed by atoms with Gasteiger partial charge in [0.1, 0.15) is 19.3 Å². The molecule has 1 amide bonds. The lowest BCUT2D eigenvalue weighted by Gasteiger charge is -2.16. The lowest BCUT2D eigenvalue weighted by Crippen LogP contribution is -2.41. The standard InChI is InChI=1S/C18H19N5O6/c1-11-9-23(18(27)21-16(11)25)14-3-2-13(29-14)10-28-15(24)8-20-22-17(26)12-4-6-19-7-5-12/h2-7,9,13-14,20H,8,10H2,1H3,(H,22,26)(H,21,25,27). The number of aromatic amines is 1. The summed E-state index contributed by atoms with van der Waals surface area (Å²) in [7, 11) is 0. The number of aromatic nitrogens is 3. The fourth-order valence-electron chi connectivity index (χ4n) is 2.52. The third kappa shape index (κ3) is 5.24. The van der Waals surface area contributed by atoms with Gasteiger partial charge in [-0.2, -0.15) is 0 Å². The second-order valence-corrected chi connectivity index (χ2v) is 6.16. The molecule has 3 heterocycles. The molecule has 3 N–H and O–H groups in total. The van der Waals surface area contributed by atoms with Crippen LogP contribution in [0.5, 0.6) is 0 Å². The Balaban J connectivity index is 1.41. The largest absolute Gasteiger partial charge is 0.462 e. The molecule has 0 aliphatic carbocycles. The molecule has 0 spiro atoms. The zero-order chi connectivity index (χ0) is 20.8. The summed E-state index contributed by atoms with van der Waals surface area (Å²) in [5.74, 6) is -1.01. The average Bonchev–Trinajstić information content (AvgIpc) is 3.18. The maximum atomic E-state index is 11.9. The molecule has 1 aliphatic heterocycles. The van der Waals surface area contributed by atoms with Crippen molar-refractivity contribution in [2.24, 2.45) is 0 Å². The van der Waals surface area contributed by atoms with Crippen molar-refractivity contribution in [3.05, 3.63) is 74.8 Å². The molecule has 11 nitrogen and oxygen atoms in total. The molecule has 2 aromatic rings. The van der Waals surface area contributed by atoms with Gasteiger partial charge >= 0.3 is 11.7 Å². The number of esters is 1. The highest BCUT2D eigenvalue weighted by molar-refractivity contribution is 5.93. The van der Waals surface area contributed by atoms with Crippen LogP contribution in [0.1, 0.15) is 22.1 Å². The first-order valence-corrected chi connectivity index (χ1v) is 8.69. The minimum Gasteiger partial charge on any atom is -0.462 e. The summed E-state index contributed by atoms with van der Waals surface area (Å²) in [5, 5.41) is 0. The molecule has 0 radical (unpaired) electrons. The Morgan fingerprint density at radius 1 is 1.28 bits per heavy atom. The molecule has 3 rings (SSSR count). The van der Waals surface area contributed by atoms with Crippen molar-refractivity contribution >= 4 is 11.9 Å². The summed E-state index contributed by atoms with van der Waals surface area (Å²) in [4.78, 5) is 52.9. The number of hydrogen-bond donors (Lipinski definition) is 3. The molecule has 152 valence electrons. The predicted molar refractivity (Wildman–Crippen MR) is 99.8 cm³/mol. The summed E-state index contributed by atoms with van der Waals surface area (Å²) in [6.07, 6.45) is 6.39. The van der Waals surface area contributed by atoms with E-state index in [1.165, 1.54) is 35.3 Å². The number of amides is 1. The first-order chi connectivity index (χ1) is 13.9. The van der Waals surface area contributed by atoms with Crippen molar-refractivity contribution in [1.29, 1.82) is 0 Å². The third-order valence-electron chi connectivity index (χ3n) is 4.01. The summed E-state index contributed by atoms with van der Waals surface area (Å²) < 4.78 is 12.0. The Bertz CT molecular complexity index is 1030. The van der Waals surface area contributed by atoms with E-state index in [1.807, 2.05) is 0 Å². The summed E-state index contributed by atoms with van der Waals surface area (Å²) in [5.41, 5.74) is 4.57. The van der Waals surface area contributed by atoms with Crippen LogP contribution < -0.4 is 22.1 Å². The Labute approximate surface area is 164 Å². The number of pyridine rings is 1. The normalized spacial score (nSPS) is 17.8. The SMILES string of the molecule is Cc1cn(C2C=CC(COC(=O)CNNC(=O)c3ccncc3)O2)c(=O)[nH]c1=O. The maximum absolute atomic E-state index is 11.9. The molecule has 0 bridgehead atoms. The number of hydrogen-bond acceptors (Lipinski definition) is 8. The Kier molecular flexibility index (Phi) is 6.32. The van der Waals surface area contributed by atoms with Crippen LogP contribution in [0.25, 0.3) is 0 Å². The van der Waals surface area contributed by atoms with E-state index >= 15 is 0 Å². The van der Waals surface area contributed by atoms with E-state index in [4.69, 9.17) is 9.47 Å². The van der Waals surface area contributed by atoms with Crippen LogP contribution in [0.4, 0.5) is 0 Å². The summed E-state index contributed by atoms with van der Waals surface area (Å²) in [6.45, 7) is 1.27. The number of nitrogens with zero attached hydrogens (tertiary/aromatic N) is 2. The number of carbonyl (C=O) groups is 2. The molecule has 0 aromatic carbocycles. The van der Waals surface area contributed by atoms with E-state index < -0.39 is 35.5 Å². The highest BCUT2D eigenvalue weighted by atomic mass is 16.6. The Morgan fingerprint density at radius 3 is 2.79 bits per heavy atom. The highest BCUT2D eigenvalue weighted by Crippen LogP contribution is 2.19. The first-order valence-electron chi connectivity index (χ1n) is 8.69. The zero-order valence-electron chi connectivity index (χ0n) is 15.5. The molecule has 1 aliphatic rings. The van der Waals surface area contributed by atoms with Crippen LogP contribution in [-0.2, 0) is 14.3 Å². The van der Waals surface area contributed by atoms with Crippen LogP contribution in [-0.4, -0.2) is 45.7 Å². The van der Waals surface area contributed by atoms with Crippen LogP contribution >= 0.6 is 0 Å². The van der Waals surface area contributed by atoms with Crippen LogP contribution in [0.2, 0.25) is 0 Å². The van der Waals surface area contributed by atoms with Crippen molar-refractivity contribution in [1.82, 2.24) is 25.4 Å². The van der Waals surface area contributed by atoms with Gasteiger partial charge in [-0.3, -0.25) is 34.3 Å². The maximum Gasteiger partial charge on any atom is 0.330 e. The molecule has 11 heteroatoms. The number of hydrazine groups is 1. The lowest BCUT2D eigenvalue weighted by molar-refractivity contribution is -0.146. The van der Waals surface area contributed by atoms with Gasteiger partial charge in [0.15, 0.2) is 6.23 Å². The second-order valence-electron chi connectivity index (χ2n) is 6.16. The molecule has 2 atom stereocenters. The van der Waals surface area contributed by atoms with Crippen molar-refractivity contribution in [2.75, 3.05) is 13.2 Å². The smallest absolute Gasteiger partial charge is 0.330 e. The van der Waals surface area contributed by atoms with Gasteiger partial charge in [0.2, 0.25) is 0 Å². The van der Waals surface area contributed by atoms with Gasteiger partial charge in [-0.25, -0.2) is 10.2 Å². The number of ether oxygens (including phenoxy) is 2. The van der Waals surface area contributed by atoms with E-state index in [0.717, 1.165) is 0 Å². The highest BCUT2D eigenvalue weighted by Gasteiger charge is 2.23. The van der Waals surface area contributed by atoms with Gasteiger partial charge < -0.3 is 9.47 Å². The monoisotopic (exact) mass is 401 g/mol. The molecule has 0 fully saturated rings. The number of nitrogens with one attached hydrogen (secondary N) is 3. The molecule has 2 aromatic heterocycles. The number of rotatable bonds is 7. The van der Waals surface area contributed by atoms with Crippen LogP contribution in [0.3, 0.4) is 0 Å². The minimum atomic E-state index is -0.709. The third-order valence-corrected chi connectivity index (χ3v) is 4.01. The van der Waals surface area contributed by atoms with Crippen LogP contribution in [0.15, 0.2) is 52.5 Å². The quantitative estimate of drug-likeness (QED) is 0.310. The lowest BCUT2D eigenvalue weighted by atomic mass is 10.3. The molecular weight excluding hydrogens is 382 g/mol. The predicted octanol–water partition coefficient (Wildman–Crippen LogP) is -0.829. The summed E-state index contributed by atoms with van der Waals surface area (Å²) in [6, 6.07) is 3.06. The second kappa shape index (κ2) is 9.08. The molecular formula is C18H19N5O6. The Hall–Kier alpha value is -3.57. The van der Waals surface area contributed by atoms with Gasteiger partial charge in [0.05, 0.1) is 0 Å². The van der Waals surface area contributed by atoms with Gasteiger partial charge in [-0.15, -0.1) is 0 Å². The first kappa shape index (κ1) is 20.2. The fourth-order valence-corrected chi connectivity index (χ4v) is 2.52. The molecule has 0 saturated heterocycles. The molecule has 2 unspecified atom stereocenters. The van der Waals surface area contributed by atoms with Crippen molar-refractivity contribution in [2.45, 2.75) is 19.3 Å². The van der Waals surface area contributed by atoms with Crippen molar-refractivity contribution in [3.63, 3.8) is 0 Å². The van der Waals surface area contributed by atoms with Gasteiger partial charge in [0, 0.05) is 29.7 Å². The number of H-pyrrole nitrogens is 1. The Morgan fingerprint density at radius 2 is 2.03 bits per heavy atom. The number of aryl methyl sites for hydroxylation is 1. The van der Waals surface area contributed by atoms with Gasteiger partial charge in [0.25, 0.3) is 11.5 Å². The minimum absolute atomic E-state index is 0.0666. The van der Waals surface area contributed by atoms with E-state index in [1.54, 1.807) is 19.1 Å².